The maximum absolute atomic E-state index is 13.0. The van der Waals surface area contributed by atoms with Crippen LogP contribution in [-0.4, -0.2) is 96.7 Å². The maximum Gasteiger partial charge on any atom is 0.472 e. The van der Waals surface area contributed by atoms with Crippen molar-refractivity contribution in [2.75, 3.05) is 39.6 Å². The highest BCUT2D eigenvalue weighted by Crippen LogP contribution is 2.45. The van der Waals surface area contributed by atoms with E-state index in [1.54, 1.807) is 0 Å². The van der Waals surface area contributed by atoms with Crippen molar-refractivity contribution in [2.24, 2.45) is 5.92 Å². The zero-order valence-electron chi connectivity index (χ0n) is 52.6. The molecule has 0 bridgehead atoms. The van der Waals surface area contributed by atoms with E-state index in [0.717, 1.165) is 109 Å². The van der Waals surface area contributed by atoms with Crippen LogP contribution in [0, 0.1) is 5.92 Å². The van der Waals surface area contributed by atoms with Gasteiger partial charge in [-0.25, -0.2) is 9.13 Å². The van der Waals surface area contributed by atoms with Gasteiger partial charge in [0.2, 0.25) is 0 Å². The quantitative estimate of drug-likeness (QED) is 0.0222. The maximum atomic E-state index is 13.0. The standard InChI is InChI=1S/C63H122O17P2/c1-6-9-12-15-17-19-20-22-26-29-33-37-42-47-61(66)74-53-59(80-63(68)49-44-39-34-30-27-24-21-23-25-28-31-36-40-45-56(4)5)55-78-82(71,72)76-51-57(64)50-75-81(69,70)77-54-58(52-73-60(65)46-41-35-14-11-8-3)79-62(67)48-43-38-32-18-16-13-10-7-2/h56-59,64H,6-55H2,1-5H3,(H,69,70)(H,71,72)/t57-,58+,59+/m0/s1. The number of aliphatic hydroxyl groups is 1. The Balaban J connectivity index is 5.15. The molecule has 82 heavy (non-hydrogen) atoms. The predicted octanol–water partition coefficient (Wildman–Crippen LogP) is 17.4. The van der Waals surface area contributed by atoms with Gasteiger partial charge in [-0.1, -0.05) is 266 Å². The number of unbranched alkanes of at least 4 members (excludes halogenated alkanes) is 35. The SMILES string of the molecule is CCCCCCCCCCCCCCCC(=O)OC[C@H](COP(=O)(O)OC[C@@H](O)COP(=O)(O)OC[C@@H](COC(=O)CCCCCCC)OC(=O)CCCCCCCCCC)OC(=O)CCCCCCCCCCCCCCCC(C)C. The number of phosphoric ester groups is 2. The Bertz CT molecular complexity index is 1600. The second kappa shape index (κ2) is 56.8. The highest BCUT2D eigenvalue weighted by Gasteiger charge is 2.30. The minimum Gasteiger partial charge on any atom is -0.462 e. The van der Waals surface area contributed by atoms with Crippen molar-refractivity contribution in [1.82, 2.24) is 0 Å². The van der Waals surface area contributed by atoms with Crippen LogP contribution in [0.25, 0.3) is 0 Å². The molecule has 0 aliphatic heterocycles. The Hall–Kier alpha value is -1.94. The van der Waals surface area contributed by atoms with Gasteiger partial charge in [0.25, 0.3) is 0 Å². The van der Waals surface area contributed by atoms with E-state index in [2.05, 4.69) is 34.6 Å². The largest absolute Gasteiger partial charge is 0.472 e. The molecule has 0 aliphatic carbocycles. The van der Waals surface area contributed by atoms with Crippen LogP contribution in [0.3, 0.4) is 0 Å². The van der Waals surface area contributed by atoms with Crippen molar-refractivity contribution in [3.8, 4) is 0 Å². The molecule has 0 aromatic heterocycles. The van der Waals surface area contributed by atoms with Gasteiger partial charge in [0, 0.05) is 25.7 Å². The normalized spacial score (nSPS) is 14.3. The predicted molar refractivity (Wildman–Crippen MR) is 326 cm³/mol. The van der Waals surface area contributed by atoms with Crippen LogP contribution in [0.1, 0.15) is 317 Å². The Morgan fingerprint density at radius 1 is 0.329 bits per heavy atom. The fourth-order valence-corrected chi connectivity index (χ4v) is 11.0. The second-order valence-corrected chi connectivity index (χ2v) is 26.2. The first kappa shape index (κ1) is 80.1. The van der Waals surface area contributed by atoms with Gasteiger partial charge in [-0.2, -0.15) is 0 Å². The van der Waals surface area contributed by atoms with E-state index in [4.69, 9.17) is 37.0 Å². The van der Waals surface area contributed by atoms with E-state index >= 15 is 0 Å². The smallest absolute Gasteiger partial charge is 0.462 e. The van der Waals surface area contributed by atoms with E-state index in [0.29, 0.717) is 25.7 Å². The highest BCUT2D eigenvalue weighted by atomic mass is 31.2. The van der Waals surface area contributed by atoms with Gasteiger partial charge in [-0.3, -0.25) is 37.3 Å². The summed E-state index contributed by atoms with van der Waals surface area (Å²) in [4.78, 5) is 71.8. The van der Waals surface area contributed by atoms with E-state index in [-0.39, 0.29) is 25.7 Å². The summed E-state index contributed by atoms with van der Waals surface area (Å²) >= 11 is 0. The third-order valence-corrected chi connectivity index (χ3v) is 16.4. The van der Waals surface area contributed by atoms with Crippen molar-refractivity contribution in [1.29, 1.82) is 0 Å². The van der Waals surface area contributed by atoms with Gasteiger partial charge in [0.1, 0.15) is 19.3 Å². The lowest BCUT2D eigenvalue weighted by molar-refractivity contribution is -0.161. The number of ether oxygens (including phenoxy) is 4. The fourth-order valence-electron chi connectivity index (χ4n) is 9.41. The molecular weight excluding hydrogens is 1090 g/mol. The Kier molecular flexibility index (Phi) is 55.5. The van der Waals surface area contributed by atoms with Crippen molar-refractivity contribution in [2.45, 2.75) is 335 Å². The van der Waals surface area contributed by atoms with Gasteiger partial charge in [0.15, 0.2) is 12.2 Å². The van der Waals surface area contributed by atoms with Crippen LogP contribution < -0.4 is 0 Å². The molecule has 486 valence electrons. The molecule has 0 saturated carbocycles. The third-order valence-electron chi connectivity index (χ3n) is 14.5. The second-order valence-electron chi connectivity index (χ2n) is 23.3. The summed E-state index contributed by atoms with van der Waals surface area (Å²) in [5.41, 5.74) is 0. The summed E-state index contributed by atoms with van der Waals surface area (Å²) in [6.45, 7) is 7.09. The monoisotopic (exact) mass is 1210 g/mol. The van der Waals surface area contributed by atoms with E-state index in [9.17, 15) is 43.2 Å². The van der Waals surface area contributed by atoms with Crippen LogP contribution in [0.4, 0.5) is 0 Å². The number of esters is 4. The average Bonchev–Trinajstić information content (AvgIpc) is 3.45. The van der Waals surface area contributed by atoms with E-state index in [1.807, 2.05) is 0 Å². The van der Waals surface area contributed by atoms with Crippen LogP contribution >= 0.6 is 15.6 Å². The van der Waals surface area contributed by atoms with Gasteiger partial charge in [-0.15, -0.1) is 0 Å². The van der Waals surface area contributed by atoms with Crippen molar-refractivity contribution in [3.63, 3.8) is 0 Å². The number of hydrogen-bond donors (Lipinski definition) is 3. The van der Waals surface area contributed by atoms with Gasteiger partial charge < -0.3 is 33.8 Å². The minimum atomic E-state index is -4.94. The van der Waals surface area contributed by atoms with Crippen LogP contribution in [0.5, 0.6) is 0 Å². The van der Waals surface area contributed by atoms with Crippen LogP contribution in [-0.2, 0) is 65.4 Å². The molecule has 17 nitrogen and oxygen atoms in total. The highest BCUT2D eigenvalue weighted by molar-refractivity contribution is 7.47. The van der Waals surface area contributed by atoms with Crippen molar-refractivity contribution in [3.05, 3.63) is 0 Å². The van der Waals surface area contributed by atoms with Crippen LogP contribution in [0.15, 0.2) is 0 Å². The molecule has 0 saturated heterocycles. The lowest BCUT2D eigenvalue weighted by Crippen LogP contribution is -2.30. The summed E-state index contributed by atoms with van der Waals surface area (Å²) in [6, 6.07) is 0. The molecule has 0 fully saturated rings. The molecule has 2 unspecified atom stereocenters. The zero-order chi connectivity index (χ0) is 60.6. The third kappa shape index (κ3) is 57.2. The number of hydrogen-bond acceptors (Lipinski definition) is 15. The fraction of sp³-hybridized carbons (Fsp3) is 0.937. The van der Waals surface area contributed by atoms with Gasteiger partial charge in [-0.05, 0) is 31.6 Å². The van der Waals surface area contributed by atoms with Crippen LogP contribution in [0.2, 0.25) is 0 Å². The topological polar surface area (TPSA) is 237 Å². The molecule has 0 rings (SSSR count). The Morgan fingerprint density at radius 2 is 0.561 bits per heavy atom. The molecule has 0 spiro atoms. The summed E-state index contributed by atoms with van der Waals surface area (Å²) in [6.07, 6.45) is 40.7. The van der Waals surface area contributed by atoms with Crippen molar-refractivity contribution >= 4 is 39.5 Å². The minimum absolute atomic E-state index is 0.104. The number of carbonyl (C=O) groups excluding carboxylic acids is 4. The molecule has 0 aromatic rings. The number of phosphoric acid groups is 2. The number of aliphatic hydroxyl groups excluding tert-OH is 1. The van der Waals surface area contributed by atoms with Gasteiger partial charge >= 0.3 is 39.5 Å². The van der Waals surface area contributed by atoms with E-state index in [1.165, 1.54) is 128 Å². The molecular formula is C63H122O17P2. The molecule has 0 aliphatic rings. The van der Waals surface area contributed by atoms with Gasteiger partial charge in [0.05, 0.1) is 26.4 Å². The zero-order valence-corrected chi connectivity index (χ0v) is 54.4. The first-order chi connectivity index (χ1) is 39.5. The summed E-state index contributed by atoms with van der Waals surface area (Å²) in [5.74, 6) is -1.36. The van der Waals surface area contributed by atoms with Crippen molar-refractivity contribution < 1.29 is 80.2 Å². The molecule has 0 radical (unpaired) electrons. The summed E-state index contributed by atoms with van der Waals surface area (Å²) in [7, 11) is -9.87. The molecule has 19 heteroatoms. The lowest BCUT2D eigenvalue weighted by Gasteiger charge is -2.21. The first-order valence-corrected chi connectivity index (χ1v) is 36.1. The lowest BCUT2D eigenvalue weighted by atomic mass is 10.0. The Morgan fingerprint density at radius 3 is 0.829 bits per heavy atom. The number of rotatable bonds is 63. The summed E-state index contributed by atoms with van der Waals surface area (Å²) < 4.78 is 67.7. The Labute approximate surface area is 498 Å². The molecule has 3 N–H and O–H groups in total. The van der Waals surface area contributed by atoms with E-state index < -0.39 is 97.5 Å². The molecule has 0 aromatic carbocycles. The summed E-state index contributed by atoms with van der Waals surface area (Å²) in [5, 5.41) is 10.5. The molecule has 5 atom stereocenters. The average molecular weight is 1210 g/mol. The molecule has 0 amide bonds. The number of carbonyl (C=O) groups is 4. The first-order valence-electron chi connectivity index (χ1n) is 33.1. The molecule has 0 heterocycles.